The molecule has 0 bridgehead atoms. The first kappa shape index (κ1) is 13.0. The minimum atomic E-state index is 0.326. The van der Waals surface area contributed by atoms with Crippen molar-refractivity contribution in [2.24, 2.45) is 11.8 Å². The van der Waals surface area contributed by atoms with Crippen LogP contribution in [0.3, 0.4) is 0 Å². The van der Waals surface area contributed by atoms with Gasteiger partial charge in [0, 0.05) is 12.6 Å². The highest BCUT2D eigenvalue weighted by Gasteiger charge is 2.25. The van der Waals surface area contributed by atoms with Crippen molar-refractivity contribution in [2.45, 2.75) is 58.4 Å². The second kappa shape index (κ2) is 7.24. The zero-order valence-corrected chi connectivity index (χ0v) is 10.3. The molecule has 1 fully saturated rings. The van der Waals surface area contributed by atoms with Crippen molar-refractivity contribution >= 4 is 0 Å². The molecule has 3 atom stereocenters. The Bertz CT molecular complexity index is 161. The Balaban J connectivity index is 2.38. The molecule has 0 amide bonds. The highest BCUT2D eigenvalue weighted by atomic mass is 16.3. The first-order valence-corrected chi connectivity index (χ1v) is 6.62. The summed E-state index contributed by atoms with van der Waals surface area (Å²) in [4.78, 5) is 0. The molecule has 0 radical (unpaired) electrons. The molecule has 2 nitrogen and oxygen atoms in total. The van der Waals surface area contributed by atoms with Crippen LogP contribution in [0.5, 0.6) is 0 Å². The molecule has 1 rings (SSSR count). The topological polar surface area (TPSA) is 32.3 Å². The molecule has 90 valence electrons. The Labute approximate surface area is 94.5 Å². The highest BCUT2D eigenvalue weighted by Crippen LogP contribution is 2.31. The van der Waals surface area contributed by atoms with E-state index < -0.39 is 0 Å². The Hall–Kier alpha value is -0.0800. The zero-order chi connectivity index (χ0) is 11.1. The van der Waals surface area contributed by atoms with Crippen molar-refractivity contribution in [1.82, 2.24) is 5.32 Å². The molecule has 2 N–H and O–H groups in total. The smallest absolute Gasteiger partial charge is 0.0445 e. The molecule has 2 heteroatoms. The Kier molecular flexibility index (Phi) is 6.26. The molecule has 0 aliphatic heterocycles. The standard InChI is InChI=1S/C13H27NO/c1-3-8-14-13(7-9-15)12-6-4-5-11(2)10-12/h11-15H,3-10H2,1-2H3. The van der Waals surface area contributed by atoms with Crippen LogP contribution in [0.2, 0.25) is 0 Å². The van der Waals surface area contributed by atoms with Gasteiger partial charge in [-0.15, -0.1) is 0 Å². The number of aliphatic hydroxyl groups is 1. The van der Waals surface area contributed by atoms with Gasteiger partial charge in [-0.1, -0.05) is 26.7 Å². The molecule has 1 aliphatic carbocycles. The number of rotatable bonds is 6. The van der Waals surface area contributed by atoms with Gasteiger partial charge in [0.2, 0.25) is 0 Å². The summed E-state index contributed by atoms with van der Waals surface area (Å²) in [6.45, 7) is 5.98. The molecule has 15 heavy (non-hydrogen) atoms. The molecule has 1 saturated carbocycles. The molecule has 3 unspecified atom stereocenters. The average Bonchev–Trinajstić information content (AvgIpc) is 2.24. The van der Waals surface area contributed by atoms with Gasteiger partial charge in [0.25, 0.3) is 0 Å². The second-order valence-corrected chi connectivity index (χ2v) is 5.10. The molecule has 0 aromatic heterocycles. The van der Waals surface area contributed by atoms with Crippen LogP contribution in [0.1, 0.15) is 52.4 Å². The van der Waals surface area contributed by atoms with Crippen LogP contribution < -0.4 is 5.32 Å². The zero-order valence-electron chi connectivity index (χ0n) is 10.3. The fraction of sp³-hybridized carbons (Fsp3) is 1.00. The fourth-order valence-corrected chi connectivity index (χ4v) is 2.82. The lowest BCUT2D eigenvalue weighted by Gasteiger charge is -2.33. The minimum Gasteiger partial charge on any atom is -0.396 e. The van der Waals surface area contributed by atoms with Crippen molar-refractivity contribution in [3.05, 3.63) is 0 Å². The lowest BCUT2D eigenvalue weighted by molar-refractivity contribution is 0.184. The molecule has 0 spiro atoms. The maximum Gasteiger partial charge on any atom is 0.0445 e. The van der Waals surface area contributed by atoms with Crippen LogP contribution in [0.25, 0.3) is 0 Å². The van der Waals surface area contributed by atoms with E-state index in [9.17, 15) is 0 Å². The minimum absolute atomic E-state index is 0.326. The van der Waals surface area contributed by atoms with Gasteiger partial charge in [-0.3, -0.25) is 0 Å². The Morgan fingerprint density at radius 2 is 2.20 bits per heavy atom. The largest absolute Gasteiger partial charge is 0.396 e. The van der Waals surface area contributed by atoms with Gasteiger partial charge >= 0.3 is 0 Å². The van der Waals surface area contributed by atoms with Crippen molar-refractivity contribution in [1.29, 1.82) is 0 Å². The van der Waals surface area contributed by atoms with Crippen LogP contribution in [0, 0.1) is 11.8 Å². The van der Waals surface area contributed by atoms with Gasteiger partial charge in [0.1, 0.15) is 0 Å². The van der Waals surface area contributed by atoms with Crippen molar-refractivity contribution in [2.75, 3.05) is 13.2 Å². The maximum atomic E-state index is 9.09. The van der Waals surface area contributed by atoms with E-state index in [0.717, 1.165) is 24.8 Å². The molecule has 0 aromatic rings. The predicted octanol–water partition coefficient (Wildman–Crippen LogP) is 2.56. The average molecular weight is 213 g/mol. The lowest BCUT2D eigenvalue weighted by Crippen LogP contribution is -2.39. The number of aliphatic hydroxyl groups excluding tert-OH is 1. The summed E-state index contributed by atoms with van der Waals surface area (Å²) in [6.07, 6.45) is 7.59. The monoisotopic (exact) mass is 213 g/mol. The summed E-state index contributed by atoms with van der Waals surface area (Å²) in [5, 5.41) is 12.7. The predicted molar refractivity (Wildman–Crippen MR) is 64.9 cm³/mol. The van der Waals surface area contributed by atoms with Crippen LogP contribution >= 0.6 is 0 Å². The Morgan fingerprint density at radius 1 is 1.40 bits per heavy atom. The van der Waals surface area contributed by atoms with E-state index in [1.807, 2.05) is 0 Å². The molecular formula is C13H27NO. The summed E-state index contributed by atoms with van der Waals surface area (Å²) in [5.41, 5.74) is 0. The van der Waals surface area contributed by atoms with E-state index in [1.165, 1.54) is 32.1 Å². The van der Waals surface area contributed by atoms with E-state index in [4.69, 9.17) is 5.11 Å². The van der Waals surface area contributed by atoms with E-state index in [2.05, 4.69) is 19.2 Å². The van der Waals surface area contributed by atoms with Crippen LogP contribution in [0.15, 0.2) is 0 Å². The van der Waals surface area contributed by atoms with E-state index >= 15 is 0 Å². The first-order valence-electron chi connectivity index (χ1n) is 6.62. The SMILES string of the molecule is CCCNC(CCO)C1CCCC(C)C1. The van der Waals surface area contributed by atoms with Gasteiger partial charge in [0.05, 0.1) is 0 Å². The van der Waals surface area contributed by atoms with Crippen LogP contribution in [-0.4, -0.2) is 24.3 Å². The van der Waals surface area contributed by atoms with Crippen molar-refractivity contribution in [3.8, 4) is 0 Å². The molecule has 0 saturated heterocycles. The lowest BCUT2D eigenvalue weighted by atomic mass is 9.78. The quantitative estimate of drug-likeness (QED) is 0.711. The van der Waals surface area contributed by atoms with Gasteiger partial charge in [-0.05, 0) is 44.1 Å². The summed E-state index contributed by atoms with van der Waals surface area (Å²) < 4.78 is 0. The van der Waals surface area contributed by atoms with E-state index in [0.29, 0.717) is 12.6 Å². The van der Waals surface area contributed by atoms with Gasteiger partial charge in [-0.25, -0.2) is 0 Å². The number of hydrogen-bond acceptors (Lipinski definition) is 2. The van der Waals surface area contributed by atoms with Crippen LogP contribution in [0.4, 0.5) is 0 Å². The van der Waals surface area contributed by atoms with Crippen molar-refractivity contribution < 1.29 is 5.11 Å². The second-order valence-electron chi connectivity index (χ2n) is 5.10. The number of nitrogens with one attached hydrogen (secondary N) is 1. The van der Waals surface area contributed by atoms with E-state index in [-0.39, 0.29) is 0 Å². The maximum absolute atomic E-state index is 9.09. The third kappa shape index (κ3) is 4.52. The highest BCUT2D eigenvalue weighted by molar-refractivity contribution is 4.81. The molecule has 0 aromatic carbocycles. The number of hydrogen-bond donors (Lipinski definition) is 2. The fourth-order valence-electron chi connectivity index (χ4n) is 2.82. The van der Waals surface area contributed by atoms with Crippen molar-refractivity contribution in [3.63, 3.8) is 0 Å². The van der Waals surface area contributed by atoms with Gasteiger partial charge in [0.15, 0.2) is 0 Å². The summed E-state index contributed by atoms with van der Waals surface area (Å²) in [6, 6.07) is 0.553. The Morgan fingerprint density at radius 3 is 2.80 bits per heavy atom. The summed E-state index contributed by atoms with van der Waals surface area (Å²) >= 11 is 0. The first-order chi connectivity index (χ1) is 7.27. The van der Waals surface area contributed by atoms with E-state index in [1.54, 1.807) is 0 Å². The normalized spacial score (nSPS) is 29.0. The third-order valence-corrected chi connectivity index (χ3v) is 3.64. The summed E-state index contributed by atoms with van der Waals surface area (Å²) in [7, 11) is 0. The third-order valence-electron chi connectivity index (χ3n) is 3.64. The van der Waals surface area contributed by atoms with Crippen LogP contribution in [-0.2, 0) is 0 Å². The van der Waals surface area contributed by atoms with Gasteiger partial charge in [-0.2, -0.15) is 0 Å². The summed E-state index contributed by atoms with van der Waals surface area (Å²) in [5.74, 6) is 1.68. The van der Waals surface area contributed by atoms with Gasteiger partial charge < -0.3 is 10.4 Å². The molecular weight excluding hydrogens is 186 g/mol. The molecule has 1 aliphatic rings. The molecule has 0 heterocycles.